The number of hydrogen-bond acceptors (Lipinski definition) is 6. The number of nitrogens with one attached hydrogen (secondary N) is 2. The first-order valence-corrected chi connectivity index (χ1v) is 15.1. The number of benzene rings is 4. The number of sulfonamides is 1. The molecule has 2 unspecified atom stereocenters. The molecular formula is C32H32N4O5S. The Morgan fingerprint density at radius 3 is 2.00 bits per heavy atom. The van der Waals surface area contributed by atoms with Gasteiger partial charge in [0, 0.05) is 31.7 Å². The van der Waals surface area contributed by atoms with E-state index in [4.69, 9.17) is 0 Å². The van der Waals surface area contributed by atoms with E-state index in [1.807, 2.05) is 19.2 Å². The van der Waals surface area contributed by atoms with Gasteiger partial charge in [-0.15, -0.1) is 0 Å². The summed E-state index contributed by atoms with van der Waals surface area (Å²) in [5, 5.41) is 4.39. The summed E-state index contributed by atoms with van der Waals surface area (Å²) in [5.41, 5.74) is 0.834. The van der Waals surface area contributed by atoms with Crippen LogP contribution in [0.1, 0.15) is 22.0 Å². The average Bonchev–Trinajstić information content (AvgIpc) is 3.01. The fourth-order valence-electron chi connectivity index (χ4n) is 5.05. The molecule has 0 aliphatic carbocycles. The molecular weight excluding hydrogens is 552 g/mol. The van der Waals surface area contributed by atoms with Gasteiger partial charge in [0.05, 0.1) is 10.9 Å². The first-order valence-electron chi connectivity index (χ1n) is 13.7. The normalized spacial score (nSPS) is 15.5. The summed E-state index contributed by atoms with van der Waals surface area (Å²) in [7, 11) is -2.42. The Balaban J connectivity index is 1.52. The molecule has 0 spiro atoms. The minimum Gasteiger partial charge on any atom is -0.344 e. The Labute approximate surface area is 245 Å². The fourth-order valence-corrected chi connectivity index (χ4v) is 6.09. The van der Waals surface area contributed by atoms with Gasteiger partial charge in [-0.1, -0.05) is 78.9 Å². The average molecular weight is 585 g/mol. The van der Waals surface area contributed by atoms with Crippen LogP contribution in [0.5, 0.6) is 0 Å². The van der Waals surface area contributed by atoms with E-state index in [1.165, 1.54) is 12.1 Å². The number of amides is 3. The third kappa shape index (κ3) is 6.50. The monoisotopic (exact) mass is 584 g/mol. The molecule has 2 atom stereocenters. The van der Waals surface area contributed by atoms with Crippen LogP contribution in [0, 0.1) is 5.92 Å². The van der Waals surface area contributed by atoms with Crippen LogP contribution < -0.4 is 10.0 Å². The van der Waals surface area contributed by atoms with E-state index in [9.17, 15) is 22.8 Å². The van der Waals surface area contributed by atoms with Gasteiger partial charge in [-0.2, -0.15) is 0 Å². The van der Waals surface area contributed by atoms with Crippen LogP contribution in [0.4, 0.5) is 0 Å². The molecule has 1 aliphatic heterocycles. The molecule has 1 fully saturated rings. The highest BCUT2D eigenvalue weighted by atomic mass is 32.2. The Morgan fingerprint density at radius 2 is 1.33 bits per heavy atom. The van der Waals surface area contributed by atoms with Crippen molar-refractivity contribution in [3.8, 4) is 0 Å². The number of carbonyl (C=O) groups excluding carboxylic acids is 3. The van der Waals surface area contributed by atoms with Crippen LogP contribution in [-0.2, 0) is 19.6 Å². The molecule has 1 saturated heterocycles. The van der Waals surface area contributed by atoms with Gasteiger partial charge in [0.25, 0.3) is 15.9 Å². The number of hydrogen-bond donors (Lipinski definition) is 2. The SMILES string of the molecule is CN1CCN(C(=O)C(C(=O)NS(=O)(=O)c2ccc3ccccc3c2)C(NC(=O)c2ccccc2)c2ccccc2)CC1. The van der Waals surface area contributed by atoms with Crippen LogP contribution in [0.2, 0.25) is 0 Å². The predicted octanol–water partition coefficient (Wildman–Crippen LogP) is 3.21. The highest BCUT2D eigenvalue weighted by Crippen LogP contribution is 2.27. The molecule has 3 amide bonds. The maximum absolute atomic E-state index is 14.1. The smallest absolute Gasteiger partial charge is 0.264 e. The van der Waals surface area contributed by atoms with Crippen molar-refractivity contribution < 1.29 is 22.8 Å². The van der Waals surface area contributed by atoms with E-state index in [-0.39, 0.29) is 4.90 Å². The first-order chi connectivity index (χ1) is 20.2. The molecule has 0 saturated carbocycles. The summed E-state index contributed by atoms with van der Waals surface area (Å²) in [6, 6.07) is 27.8. The lowest BCUT2D eigenvalue weighted by Gasteiger charge is -2.36. The van der Waals surface area contributed by atoms with E-state index in [0.29, 0.717) is 42.7 Å². The van der Waals surface area contributed by atoms with Crippen molar-refractivity contribution in [1.82, 2.24) is 19.8 Å². The van der Waals surface area contributed by atoms with Crippen molar-refractivity contribution in [2.45, 2.75) is 10.9 Å². The number of nitrogens with zero attached hydrogens (tertiary/aromatic N) is 2. The first kappa shape index (κ1) is 29.0. The van der Waals surface area contributed by atoms with Crippen molar-refractivity contribution in [2.75, 3.05) is 33.2 Å². The van der Waals surface area contributed by atoms with Gasteiger partial charge in [0.2, 0.25) is 11.8 Å². The topological polar surface area (TPSA) is 116 Å². The van der Waals surface area contributed by atoms with Crippen LogP contribution in [0.25, 0.3) is 10.8 Å². The third-order valence-corrected chi connectivity index (χ3v) is 8.79. The molecule has 1 heterocycles. The van der Waals surface area contributed by atoms with E-state index in [0.717, 1.165) is 5.39 Å². The van der Waals surface area contributed by atoms with Crippen LogP contribution in [-0.4, -0.2) is 69.2 Å². The number of likely N-dealkylation sites (N-methyl/N-ethyl adjacent to an activating group) is 1. The summed E-state index contributed by atoms with van der Waals surface area (Å²) >= 11 is 0. The minimum atomic E-state index is -4.36. The van der Waals surface area contributed by atoms with E-state index in [1.54, 1.807) is 83.8 Å². The largest absolute Gasteiger partial charge is 0.344 e. The molecule has 0 aromatic heterocycles. The summed E-state index contributed by atoms with van der Waals surface area (Å²) in [6.45, 7) is 1.93. The quantitative estimate of drug-likeness (QED) is 0.308. The maximum atomic E-state index is 14.1. The summed E-state index contributed by atoms with van der Waals surface area (Å²) < 4.78 is 29.1. The molecule has 42 heavy (non-hydrogen) atoms. The van der Waals surface area contributed by atoms with Crippen molar-refractivity contribution >= 4 is 38.5 Å². The standard InChI is InChI=1S/C32H32N4O5S/c1-35-18-20-36(21-19-35)32(39)28(29(24-11-4-2-5-12-24)33-30(37)25-13-6-3-7-14-25)31(38)34-42(40,41)27-17-16-23-10-8-9-15-26(23)22-27/h2-17,22,28-29H,18-21H2,1H3,(H,33,37)(H,34,38). The lowest BCUT2D eigenvalue weighted by molar-refractivity contribution is -0.144. The van der Waals surface area contributed by atoms with Crippen LogP contribution >= 0.6 is 0 Å². The molecule has 10 heteroatoms. The number of fused-ring (bicyclic) bond motifs is 1. The lowest BCUT2D eigenvalue weighted by Crippen LogP contribution is -2.55. The van der Waals surface area contributed by atoms with Gasteiger partial charge in [0.15, 0.2) is 0 Å². The highest BCUT2D eigenvalue weighted by Gasteiger charge is 2.41. The van der Waals surface area contributed by atoms with Crippen molar-refractivity contribution in [3.63, 3.8) is 0 Å². The molecule has 216 valence electrons. The van der Waals surface area contributed by atoms with E-state index >= 15 is 0 Å². The van der Waals surface area contributed by atoms with Gasteiger partial charge >= 0.3 is 0 Å². The minimum absolute atomic E-state index is 0.107. The Kier molecular flexibility index (Phi) is 8.65. The molecule has 1 aliphatic rings. The molecule has 2 N–H and O–H groups in total. The zero-order valence-electron chi connectivity index (χ0n) is 23.1. The fraction of sp³-hybridized carbons (Fsp3) is 0.219. The Hall–Kier alpha value is -4.54. The van der Waals surface area contributed by atoms with Crippen LogP contribution in [0.3, 0.4) is 0 Å². The highest BCUT2D eigenvalue weighted by molar-refractivity contribution is 7.90. The van der Waals surface area contributed by atoms with E-state index < -0.39 is 39.7 Å². The van der Waals surface area contributed by atoms with Crippen molar-refractivity contribution in [1.29, 1.82) is 0 Å². The molecule has 0 radical (unpaired) electrons. The lowest BCUT2D eigenvalue weighted by atomic mass is 9.90. The number of rotatable bonds is 8. The zero-order valence-corrected chi connectivity index (χ0v) is 24.0. The number of carbonyl (C=O) groups is 3. The second-order valence-corrected chi connectivity index (χ2v) is 12.0. The second kappa shape index (κ2) is 12.5. The van der Waals surface area contributed by atoms with Gasteiger partial charge in [0.1, 0.15) is 5.92 Å². The van der Waals surface area contributed by atoms with E-state index in [2.05, 4.69) is 14.9 Å². The Morgan fingerprint density at radius 1 is 0.738 bits per heavy atom. The van der Waals surface area contributed by atoms with Crippen LogP contribution in [0.15, 0.2) is 108 Å². The molecule has 4 aromatic carbocycles. The number of piperazine rings is 1. The van der Waals surface area contributed by atoms with Gasteiger partial charge in [-0.05, 0) is 47.6 Å². The summed E-state index contributed by atoms with van der Waals surface area (Å²) in [4.78, 5) is 44.9. The summed E-state index contributed by atoms with van der Waals surface area (Å²) in [6.07, 6.45) is 0. The maximum Gasteiger partial charge on any atom is 0.264 e. The summed E-state index contributed by atoms with van der Waals surface area (Å²) in [5.74, 6) is -3.63. The van der Waals surface area contributed by atoms with Gasteiger partial charge < -0.3 is 15.1 Å². The van der Waals surface area contributed by atoms with Gasteiger partial charge in [-0.3, -0.25) is 14.4 Å². The molecule has 9 nitrogen and oxygen atoms in total. The molecule has 5 rings (SSSR count). The zero-order chi connectivity index (χ0) is 29.7. The third-order valence-electron chi connectivity index (χ3n) is 7.44. The predicted molar refractivity (Wildman–Crippen MR) is 160 cm³/mol. The molecule has 0 bridgehead atoms. The second-order valence-electron chi connectivity index (χ2n) is 10.3. The molecule has 4 aromatic rings. The Bertz CT molecular complexity index is 1690. The van der Waals surface area contributed by atoms with Crippen molar-refractivity contribution in [2.24, 2.45) is 5.92 Å². The van der Waals surface area contributed by atoms with Gasteiger partial charge in [-0.25, -0.2) is 13.1 Å². The van der Waals surface area contributed by atoms with Crippen molar-refractivity contribution in [3.05, 3.63) is 114 Å².